The summed E-state index contributed by atoms with van der Waals surface area (Å²) in [4.78, 5) is 15.9. The van der Waals surface area contributed by atoms with Crippen molar-refractivity contribution in [2.75, 3.05) is 33.2 Å². The van der Waals surface area contributed by atoms with Crippen LogP contribution in [0, 0.1) is 0 Å². The molecule has 1 aliphatic heterocycles. The van der Waals surface area contributed by atoms with Gasteiger partial charge in [-0.05, 0) is 26.3 Å². The number of nitrogens with one attached hydrogen (secondary N) is 1. The van der Waals surface area contributed by atoms with Crippen LogP contribution in [0.15, 0.2) is 0 Å². The van der Waals surface area contributed by atoms with E-state index in [1.165, 1.54) is 19.3 Å². The fourth-order valence-corrected chi connectivity index (χ4v) is 2.09. The lowest BCUT2D eigenvalue weighted by atomic mass is 9.92. The SMILES string of the molecule is CNCCN1CCN(C2CCC2)C1=O. The van der Waals surface area contributed by atoms with Gasteiger partial charge in [-0.1, -0.05) is 0 Å². The number of likely N-dealkylation sites (N-methyl/N-ethyl adjacent to an activating group) is 1. The Hall–Kier alpha value is -0.770. The molecule has 0 bridgehead atoms. The van der Waals surface area contributed by atoms with Crippen molar-refractivity contribution in [1.82, 2.24) is 15.1 Å². The summed E-state index contributed by atoms with van der Waals surface area (Å²) >= 11 is 0. The Morgan fingerprint density at radius 3 is 2.79 bits per heavy atom. The van der Waals surface area contributed by atoms with Crippen molar-refractivity contribution in [1.29, 1.82) is 0 Å². The van der Waals surface area contributed by atoms with Crippen LogP contribution in [0.2, 0.25) is 0 Å². The molecule has 1 aliphatic carbocycles. The number of amides is 2. The predicted molar refractivity (Wildman–Crippen MR) is 55.2 cm³/mol. The summed E-state index contributed by atoms with van der Waals surface area (Å²) in [6.07, 6.45) is 3.72. The van der Waals surface area contributed by atoms with Gasteiger partial charge in [0.05, 0.1) is 0 Å². The van der Waals surface area contributed by atoms with E-state index in [2.05, 4.69) is 10.2 Å². The zero-order valence-electron chi connectivity index (χ0n) is 8.83. The molecule has 0 atom stereocenters. The largest absolute Gasteiger partial charge is 0.322 e. The molecule has 2 fully saturated rings. The zero-order chi connectivity index (χ0) is 9.97. The van der Waals surface area contributed by atoms with Crippen molar-refractivity contribution >= 4 is 6.03 Å². The van der Waals surface area contributed by atoms with Crippen LogP contribution in [0.1, 0.15) is 19.3 Å². The van der Waals surface area contributed by atoms with Crippen molar-refractivity contribution in [2.45, 2.75) is 25.3 Å². The molecule has 0 aromatic rings. The van der Waals surface area contributed by atoms with Gasteiger partial charge in [0.15, 0.2) is 0 Å². The van der Waals surface area contributed by atoms with E-state index in [1.807, 2.05) is 11.9 Å². The number of carbonyl (C=O) groups excluding carboxylic acids is 1. The molecular weight excluding hydrogens is 178 g/mol. The lowest BCUT2D eigenvalue weighted by Gasteiger charge is -2.34. The third-order valence-corrected chi connectivity index (χ3v) is 3.27. The smallest absolute Gasteiger partial charge is 0.320 e. The van der Waals surface area contributed by atoms with Crippen LogP contribution in [0.25, 0.3) is 0 Å². The minimum Gasteiger partial charge on any atom is -0.322 e. The topological polar surface area (TPSA) is 35.6 Å². The van der Waals surface area contributed by atoms with Gasteiger partial charge >= 0.3 is 6.03 Å². The van der Waals surface area contributed by atoms with Crippen LogP contribution in [0.3, 0.4) is 0 Å². The molecule has 4 nitrogen and oxygen atoms in total. The van der Waals surface area contributed by atoms with Gasteiger partial charge in [0.25, 0.3) is 0 Å². The van der Waals surface area contributed by atoms with E-state index < -0.39 is 0 Å². The highest BCUT2D eigenvalue weighted by molar-refractivity contribution is 5.77. The molecule has 80 valence electrons. The first-order chi connectivity index (χ1) is 6.83. The first-order valence-electron chi connectivity index (χ1n) is 5.53. The Kier molecular flexibility index (Phi) is 2.91. The maximum Gasteiger partial charge on any atom is 0.320 e. The highest BCUT2D eigenvalue weighted by atomic mass is 16.2. The van der Waals surface area contributed by atoms with Crippen LogP contribution < -0.4 is 5.32 Å². The first-order valence-corrected chi connectivity index (χ1v) is 5.53. The molecule has 1 saturated carbocycles. The van der Waals surface area contributed by atoms with Crippen molar-refractivity contribution < 1.29 is 4.79 Å². The number of hydrogen-bond acceptors (Lipinski definition) is 2. The fourth-order valence-electron chi connectivity index (χ4n) is 2.09. The van der Waals surface area contributed by atoms with E-state index in [4.69, 9.17) is 0 Å². The number of rotatable bonds is 4. The molecule has 2 aliphatic rings. The summed E-state index contributed by atoms with van der Waals surface area (Å²) in [6.45, 7) is 3.59. The highest BCUT2D eigenvalue weighted by Crippen LogP contribution is 2.27. The monoisotopic (exact) mass is 197 g/mol. The normalized spacial score (nSPS) is 23.1. The lowest BCUT2D eigenvalue weighted by Crippen LogP contribution is -2.43. The Balaban J connectivity index is 1.83. The second-order valence-corrected chi connectivity index (χ2v) is 4.15. The molecule has 1 saturated heterocycles. The number of hydrogen-bond donors (Lipinski definition) is 1. The number of carbonyl (C=O) groups is 1. The predicted octanol–water partition coefficient (Wildman–Crippen LogP) is 0.496. The maximum atomic E-state index is 11.9. The van der Waals surface area contributed by atoms with Crippen LogP contribution in [-0.4, -0.2) is 55.1 Å². The van der Waals surface area contributed by atoms with Gasteiger partial charge < -0.3 is 15.1 Å². The maximum absolute atomic E-state index is 11.9. The Bertz CT molecular complexity index is 215. The average molecular weight is 197 g/mol. The third-order valence-electron chi connectivity index (χ3n) is 3.27. The fraction of sp³-hybridized carbons (Fsp3) is 0.900. The Morgan fingerprint density at radius 1 is 1.43 bits per heavy atom. The highest BCUT2D eigenvalue weighted by Gasteiger charge is 2.35. The molecule has 0 aromatic heterocycles. The molecule has 2 rings (SSSR count). The van der Waals surface area contributed by atoms with E-state index in [1.54, 1.807) is 0 Å². The third kappa shape index (κ3) is 1.71. The van der Waals surface area contributed by atoms with Crippen LogP contribution >= 0.6 is 0 Å². The molecule has 0 radical (unpaired) electrons. The molecule has 1 heterocycles. The van der Waals surface area contributed by atoms with Gasteiger partial charge in [-0.3, -0.25) is 0 Å². The second-order valence-electron chi connectivity index (χ2n) is 4.15. The quantitative estimate of drug-likeness (QED) is 0.712. The van der Waals surface area contributed by atoms with Gasteiger partial charge in [-0.2, -0.15) is 0 Å². The van der Waals surface area contributed by atoms with E-state index in [9.17, 15) is 4.79 Å². The van der Waals surface area contributed by atoms with Crippen molar-refractivity contribution in [3.63, 3.8) is 0 Å². The molecule has 4 heteroatoms. The standard InChI is InChI=1S/C10H19N3O/c1-11-5-6-12-7-8-13(10(12)14)9-3-2-4-9/h9,11H,2-8H2,1H3. The summed E-state index contributed by atoms with van der Waals surface area (Å²) in [6, 6.07) is 0.812. The summed E-state index contributed by atoms with van der Waals surface area (Å²) in [5.41, 5.74) is 0. The summed E-state index contributed by atoms with van der Waals surface area (Å²) in [7, 11) is 1.92. The number of nitrogens with zero attached hydrogens (tertiary/aromatic N) is 2. The second kappa shape index (κ2) is 4.17. The van der Waals surface area contributed by atoms with Gasteiger partial charge in [-0.15, -0.1) is 0 Å². The van der Waals surface area contributed by atoms with Gasteiger partial charge in [0.2, 0.25) is 0 Å². The molecule has 0 aromatic carbocycles. The van der Waals surface area contributed by atoms with Crippen molar-refractivity contribution in [3.05, 3.63) is 0 Å². The minimum absolute atomic E-state index is 0.255. The van der Waals surface area contributed by atoms with Gasteiger partial charge in [0.1, 0.15) is 0 Å². The lowest BCUT2D eigenvalue weighted by molar-refractivity contribution is 0.149. The van der Waals surface area contributed by atoms with E-state index in [0.29, 0.717) is 6.04 Å². The summed E-state index contributed by atoms with van der Waals surface area (Å²) < 4.78 is 0. The molecular formula is C10H19N3O. The molecule has 14 heavy (non-hydrogen) atoms. The molecule has 2 amide bonds. The van der Waals surface area contributed by atoms with E-state index >= 15 is 0 Å². The van der Waals surface area contributed by atoms with Gasteiger partial charge in [0, 0.05) is 32.2 Å². The van der Waals surface area contributed by atoms with E-state index in [-0.39, 0.29) is 6.03 Å². The van der Waals surface area contributed by atoms with Crippen molar-refractivity contribution in [3.8, 4) is 0 Å². The van der Waals surface area contributed by atoms with E-state index in [0.717, 1.165) is 26.2 Å². The summed E-state index contributed by atoms with van der Waals surface area (Å²) in [5, 5.41) is 3.07. The molecule has 0 spiro atoms. The Morgan fingerprint density at radius 2 is 2.21 bits per heavy atom. The average Bonchev–Trinajstić information content (AvgIpc) is 2.43. The van der Waals surface area contributed by atoms with Crippen molar-refractivity contribution in [2.24, 2.45) is 0 Å². The van der Waals surface area contributed by atoms with Crippen LogP contribution in [-0.2, 0) is 0 Å². The Labute approximate surface area is 85.2 Å². The molecule has 0 unspecified atom stereocenters. The number of urea groups is 1. The summed E-state index contributed by atoms with van der Waals surface area (Å²) in [5.74, 6) is 0. The molecule has 1 N–H and O–H groups in total. The first kappa shape index (κ1) is 9.77. The van der Waals surface area contributed by atoms with Gasteiger partial charge in [-0.25, -0.2) is 4.79 Å². The zero-order valence-corrected chi connectivity index (χ0v) is 8.83. The van der Waals surface area contributed by atoms with Crippen LogP contribution in [0.4, 0.5) is 4.79 Å². The van der Waals surface area contributed by atoms with Crippen LogP contribution in [0.5, 0.6) is 0 Å². The minimum atomic E-state index is 0.255.